The maximum Gasteiger partial charge on any atom is 0.324 e. The second kappa shape index (κ2) is 5.80. The van der Waals surface area contributed by atoms with E-state index in [1.165, 1.54) is 6.20 Å². The van der Waals surface area contributed by atoms with Crippen molar-refractivity contribution in [3.05, 3.63) is 11.6 Å². The zero-order chi connectivity index (χ0) is 12.8. The number of carbonyl (C=O) groups is 3. The number of rotatable bonds is 5. The van der Waals surface area contributed by atoms with E-state index in [4.69, 9.17) is 10.2 Å². The Morgan fingerprint density at radius 3 is 2.29 bits per heavy atom. The number of urea groups is 1. The largest absolute Gasteiger partial charge is 0.480 e. The van der Waals surface area contributed by atoms with Crippen molar-refractivity contribution in [2.24, 2.45) is 0 Å². The topological polar surface area (TPSA) is 120 Å². The first-order chi connectivity index (χ1) is 7.99. The fourth-order valence-corrected chi connectivity index (χ4v) is 1.50. The summed E-state index contributed by atoms with van der Waals surface area (Å²) in [6.07, 6.45) is 1.46. The fourth-order valence-electron chi connectivity index (χ4n) is 0.982. The second-order valence-corrected chi connectivity index (χ2v) is 3.81. The third-order valence-electron chi connectivity index (χ3n) is 1.59. The van der Waals surface area contributed by atoms with Gasteiger partial charge < -0.3 is 15.1 Å². The molecular weight excluding hydrogens is 250 g/mol. The molecule has 1 rings (SSSR count). The number of thiazole rings is 1. The molecule has 1 heterocycles. The molecule has 1 aromatic rings. The third-order valence-corrected chi connectivity index (χ3v) is 2.27. The number of nitrogens with zero attached hydrogens (tertiary/aromatic N) is 2. The van der Waals surface area contributed by atoms with Crippen molar-refractivity contribution in [3.63, 3.8) is 0 Å². The van der Waals surface area contributed by atoms with Gasteiger partial charge in [0.2, 0.25) is 0 Å². The van der Waals surface area contributed by atoms with Crippen LogP contribution in [0.2, 0.25) is 0 Å². The number of hydrogen-bond acceptors (Lipinski definition) is 5. The molecule has 9 heteroatoms. The molecule has 3 N–H and O–H groups in total. The van der Waals surface area contributed by atoms with Gasteiger partial charge in [-0.05, 0) is 0 Å². The lowest BCUT2D eigenvalue weighted by Crippen LogP contribution is -2.41. The molecule has 0 aromatic carbocycles. The Hall–Kier alpha value is -2.16. The summed E-state index contributed by atoms with van der Waals surface area (Å²) in [6, 6.07) is -0.815. The lowest BCUT2D eigenvalue weighted by atomic mass is 10.5. The minimum atomic E-state index is -1.29. The zero-order valence-electron chi connectivity index (χ0n) is 8.49. The summed E-state index contributed by atoms with van der Waals surface area (Å²) in [5, 5.41) is 21.3. The van der Waals surface area contributed by atoms with Crippen molar-refractivity contribution in [2.45, 2.75) is 0 Å². The van der Waals surface area contributed by atoms with E-state index in [2.05, 4.69) is 10.3 Å². The Labute approximate surface area is 99.5 Å². The Morgan fingerprint density at radius 2 is 1.88 bits per heavy atom. The summed E-state index contributed by atoms with van der Waals surface area (Å²) in [6.45, 7) is -1.38. The van der Waals surface area contributed by atoms with Crippen LogP contribution in [0.3, 0.4) is 0 Å². The maximum atomic E-state index is 11.5. The fraction of sp³-hybridized carbons (Fsp3) is 0.250. The monoisotopic (exact) mass is 259 g/mol. The summed E-state index contributed by atoms with van der Waals surface area (Å²) >= 11 is 1.14. The van der Waals surface area contributed by atoms with Crippen LogP contribution in [-0.4, -0.2) is 51.2 Å². The smallest absolute Gasteiger partial charge is 0.324 e. The van der Waals surface area contributed by atoms with Gasteiger partial charge in [0.1, 0.15) is 13.1 Å². The number of anilines is 1. The van der Waals surface area contributed by atoms with Gasteiger partial charge in [0, 0.05) is 11.6 Å². The molecule has 0 saturated heterocycles. The SMILES string of the molecule is O=C(O)CN(CC(=O)O)C(=O)Nc1nccs1. The molecule has 8 nitrogen and oxygen atoms in total. The van der Waals surface area contributed by atoms with Gasteiger partial charge in [-0.2, -0.15) is 0 Å². The van der Waals surface area contributed by atoms with Crippen LogP contribution >= 0.6 is 11.3 Å². The van der Waals surface area contributed by atoms with Crippen LogP contribution in [0, 0.1) is 0 Å². The van der Waals surface area contributed by atoms with Crippen LogP contribution in [-0.2, 0) is 9.59 Å². The van der Waals surface area contributed by atoms with Crippen molar-refractivity contribution in [1.29, 1.82) is 0 Å². The number of carbonyl (C=O) groups excluding carboxylic acids is 1. The maximum absolute atomic E-state index is 11.5. The van der Waals surface area contributed by atoms with E-state index in [1.54, 1.807) is 5.38 Å². The van der Waals surface area contributed by atoms with Gasteiger partial charge in [-0.1, -0.05) is 0 Å². The van der Waals surface area contributed by atoms with Crippen molar-refractivity contribution < 1.29 is 24.6 Å². The Morgan fingerprint density at radius 1 is 1.29 bits per heavy atom. The third kappa shape index (κ3) is 4.47. The highest BCUT2D eigenvalue weighted by atomic mass is 32.1. The number of amides is 2. The minimum absolute atomic E-state index is 0.274. The predicted molar refractivity (Wildman–Crippen MR) is 58.0 cm³/mol. The number of aromatic nitrogens is 1. The first-order valence-electron chi connectivity index (χ1n) is 4.38. The molecule has 0 bridgehead atoms. The molecule has 0 spiro atoms. The number of aliphatic carboxylic acids is 2. The first-order valence-corrected chi connectivity index (χ1v) is 5.26. The van der Waals surface area contributed by atoms with Gasteiger partial charge in [0.15, 0.2) is 5.13 Å². The lowest BCUT2D eigenvalue weighted by Gasteiger charge is -2.17. The summed E-state index contributed by atoms with van der Waals surface area (Å²) in [4.78, 5) is 36.9. The van der Waals surface area contributed by atoms with Gasteiger partial charge in [0.25, 0.3) is 0 Å². The number of carboxylic acids is 2. The highest BCUT2D eigenvalue weighted by Gasteiger charge is 2.20. The van der Waals surface area contributed by atoms with E-state index in [-0.39, 0.29) is 5.13 Å². The molecule has 0 saturated carbocycles. The Kier molecular flexibility index (Phi) is 4.40. The molecule has 1 aromatic heterocycles. The van der Waals surface area contributed by atoms with Crippen molar-refractivity contribution in [2.75, 3.05) is 18.4 Å². The molecule has 0 unspecified atom stereocenters. The minimum Gasteiger partial charge on any atom is -0.480 e. The molecule has 0 fully saturated rings. The average molecular weight is 259 g/mol. The van der Waals surface area contributed by atoms with Crippen LogP contribution in [0.4, 0.5) is 9.93 Å². The average Bonchev–Trinajstić information content (AvgIpc) is 2.67. The van der Waals surface area contributed by atoms with E-state index < -0.39 is 31.1 Å². The van der Waals surface area contributed by atoms with E-state index in [0.29, 0.717) is 4.90 Å². The van der Waals surface area contributed by atoms with Gasteiger partial charge in [-0.15, -0.1) is 11.3 Å². The first kappa shape index (κ1) is 12.9. The second-order valence-electron chi connectivity index (χ2n) is 2.91. The van der Waals surface area contributed by atoms with Crippen LogP contribution in [0.1, 0.15) is 0 Å². The molecule has 92 valence electrons. The molecule has 17 heavy (non-hydrogen) atoms. The number of nitrogens with one attached hydrogen (secondary N) is 1. The summed E-state index contributed by atoms with van der Waals surface area (Å²) < 4.78 is 0. The Bertz CT molecular complexity index is 403. The Balaban J connectivity index is 2.65. The molecular formula is C8H9N3O5S. The highest BCUT2D eigenvalue weighted by Crippen LogP contribution is 2.10. The van der Waals surface area contributed by atoms with Crippen LogP contribution in [0.5, 0.6) is 0 Å². The molecule has 0 aliphatic rings. The molecule has 2 amide bonds. The van der Waals surface area contributed by atoms with E-state index >= 15 is 0 Å². The molecule has 0 radical (unpaired) electrons. The van der Waals surface area contributed by atoms with Crippen LogP contribution < -0.4 is 5.32 Å². The normalized spacial score (nSPS) is 9.65. The van der Waals surface area contributed by atoms with Gasteiger partial charge in [-0.25, -0.2) is 9.78 Å². The van der Waals surface area contributed by atoms with Crippen LogP contribution in [0.25, 0.3) is 0 Å². The molecule has 0 aliphatic heterocycles. The van der Waals surface area contributed by atoms with Gasteiger partial charge in [0.05, 0.1) is 0 Å². The van der Waals surface area contributed by atoms with Gasteiger partial charge >= 0.3 is 18.0 Å². The molecule has 0 atom stereocenters. The zero-order valence-corrected chi connectivity index (χ0v) is 9.31. The highest BCUT2D eigenvalue weighted by molar-refractivity contribution is 7.13. The van der Waals surface area contributed by atoms with E-state index in [1.807, 2.05) is 0 Å². The summed E-state index contributed by atoms with van der Waals surface area (Å²) in [7, 11) is 0. The summed E-state index contributed by atoms with van der Waals surface area (Å²) in [5.74, 6) is -2.58. The van der Waals surface area contributed by atoms with Crippen molar-refractivity contribution in [1.82, 2.24) is 9.88 Å². The quantitative estimate of drug-likeness (QED) is 0.692. The lowest BCUT2D eigenvalue weighted by molar-refractivity contribution is -0.140. The number of carboxylic acid groups (broad SMARTS) is 2. The molecule has 0 aliphatic carbocycles. The van der Waals surface area contributed by atoms with Crippen molar-refractivity contribution in [3.8, 4) is 0 Å². The standard InChI is InChI=1S/C8H9N3O5S/c12-5(13)3-11(4-6(14)15)8(16)10-7-9-1-2-17-7/h1-2H,3-4H2,(H,12,13)(H,14,15)(H,9,10,16). The predicted octanol–water partition coefficient (Wildman–Crippen LogP) is 0.146. The van der Waals surface area contributed by atoms with Gasteiger partial charge in [-0.3, -0.25) is 14.9 Å². The van der Waals surface area contributed by atoms with E-state index in [0.717, 1.165) is 11.3 Å². The van der Waals surface area contributed by atoms with Crippen LogP contribution in [0.15, 0.2) is 11.6 Å². The summed E-state index contributed by atoms with van der Waals surface area (Å²) in [5.41, 5.74) is 0. The van der Waals surface area contributed by atoms with E-state index in [9.17, 15) is 14.4 Å². The van der Waals surface area contributed by atoms with Crippen molar-refractivity contribution >= 4 is 34.4 Å². The number of hydrogen-bond donors (Lipinski definition) is 3.